The number of nitrogens with zero attached hydrogens (tertiary/aromatic N) is 3. The van der Waals surface area contributed by atoms with Gasteiger partial charge in [-0.25, -0.2) is 0 Å². The number of piperazine rings is 1. The van der Waals surface area contributed by atoms with E-state index in [0.29, 0.717) is 6.10 Å². The van der Waals surface area contributed by atoms with E-state index in [4.69, 9.17) is 4.74 Å². The molecule has 0 bridgehead atoms. The van der Waals surface area contributed by atoms with Crippen LogP contribution >= 0.6 is 0 Å². The van der Waals surface area contributed by atoms with Gasteiger partial charge in [-0.05, 0) is 39.8 Å². The van der Waals surface area contributed by atoms with Crippen LogP contribution in [-0.4, -0.2) is 87.3 Å². The van der Waals surface area contributed by atoms with Gasteiger partial charge in [0, 0.05) is 52.4 Å². The predicted octanol–water partition coefficient (Wildman–Crippen LogP) is 1.12. The quantitative estimate of drug-likeness (QED) is 0.744. The molecule has 0 amide bonds. The second-order valence-corrected chi connectivity index (χ2v) is 6.29. The number of hydrogen-bond donors (Lipinski definition) is 0. The van der Waals surface area contributed by atoms with Crippen LogP contribution in [0.4, 0.5) is 0 Å². The third kappa shape index (κ3) is 4.71. The Hall–Kier alpha value is -0.160. The van der Waals surface area contributed by atoms with Crippen molar-refractivity contribution in [3.05, 3.63) is 0 Å². The van der Waals surface area contributed by atoms with Crippen molar-refractivity contribution >= 4 is 0 Å². The van der Waals surface area contributed by atoms with E-state index in [-0.39, 0.29) is 0 Å². The first-order valence-corrected chi connectivity index (χ1v) is 7.83. The van der Waals surface area contributed by atoms with Gasteiger partial charge in [-0.2, -0.15) is 0 Å². The fraction of sp³-hybridized carbons (Fsp3) is 1.00. The number of hydrogen-bond acceptors (Lipinski definition) is 4. The lowest BCUT2D eigenvalue weighted by atomic mass is 9.92. The summed E-state index contributed by atoms with van der Waals surface area (Å²) in [7, 11) is 6.37. The monoisotopic (exact) mass is 269 g/mol. The molecule has 2 aliphatic rings. The summed E-state index contributed by atoms with van der Waals surface area (Å²) < 4.78 is 5.45. The minimum atomic E-state index is 0.516. The van der Waals surface area contributed by atoms with Crippen LogP contribution in [0.5, 0.6) is 0 Å². The topological polar surface area (TPSA) is 19.0 Å². The van der Waals surface area contributed by atoms with Crippen LogP contribution in [0.25, 0.3) is 0 Å². The van der Waals surface area contributed by atoms with Crippen molar-refractivity contribution in [1.82, 2.24) is 14.7 Å². The Bertz CT molecular complexity index is 246. The molecule has 1 aliphatic heterocycles. The first kappa shape index (κ1) is 15.2. The van der Waals surface area contributed by atoms with Crippen LogP contribution in [0, 0.1) is 0 Å². The van der Waals surface area contributed by atoms with Gasteiger partial charge >= 0.3 is 0 Å². The lowest BCUT2D eigenvalue weighted by Gasteiger charge is -2.37. The van der Waals surface area contributed by atoms with Gasteiger partial charge in [0.2, 0.25) is 0 Å². The minimum absolute atomic E-state index is 0.516. The Morgan fingerprint density at radius 2 is 1.68 bits per heavy atom. The van der Waals surface area contributed by atoms with E-state index >= 15 is 0 Å². The first-order chi connectivity index (χ1) is 9.19. The molecular weight excluding hydrogens is 238 g/mol. The van der Waals surface area contributed by atoms with Crippen LogP contribution in [0.3, 0.4) is 0 Å². The largest absolute Gasteiger partial charge is 0.381 e. The van der Waals surface area contributed by atoms with Gasteiger partial charge in [-0.1, -0.05) is 0 Å². The molecule has 0 N–H and O–H groups in total. The number of methoxy groups -OCH3 is 1. The molecule has 4 nitrogen and oxygen atoms in total. The van der Waals surface area contributed by atoms with Crippen molar-refractivity contribution in [3.8, 4) is 0 Å². The van der Waals surface area contributed by atoms with Crippen LogP contribution < -0.4 is 0 Å². The van der Waals surface area contributed by atoms with Gasteiger partial charge in [0.1, 0.15) is 0 Å². The lowest BCUT2D eigenvalue weighted by molar-refractivity contribution is 0.0409. The standard InChI is InChI=1S/C15H31N3O/c1-16-8-11-18(12-9-16)13-10-17(2)14-4-6-15(19-3)7-5-14/h14-15H,4-13H2,1-3H3/t14-,15-. The molecule has 1 aliphatic carbocycles. The zero-order chi connectivity index (χ0) is 13.7. The van der Waals surface area contributed by atoms with Gasteiger partial charge in [0.05, 0.1) is 6.10 Å². The van der Waals surface area contributed by atoms with Gasteiger partial charge in [0.25, 0.3) is 0 Å². The summed E-state index contributed by atoms with van der Waals surface area (Å²) in [5, 5.41) is 0. The van der Waals surface area contributed by atoms with Gasteiger partial charge in [-0.15, -0.1) is 0 Å². The SMILES string of the molecule is CO[C@H]1CC[C@H](N(C)CCN2CCN(C)CC2)CC1. The van der Waals surface area contributed by atoms with Crippen LogP contribution in [0.1, 0.15) is 25.7 Å². The van der Waals surface area contributed by atoms with Gasteiger partial charge < -0.3 is 14.5 Å². The Morgan fingerprint density at radius 1 is 1.05 bits per heavy atom. The molecule has 2 fully saturated rings. The van der Waals surface area contributed by atoms with Gasteiger partial charge in [0.15, 0.2) is 0 Å². The van der Waals surface area contributed by atoms with Crippen molar-refractivity contribution in [1.29, 1.82) is 0 Å². The predicted molar refractivity (Wildman–Crippen MR) is 79.6 cm³/mol. The molecule has 19 heavy (non-hydrogen) atoms. The van der Waals surface area contributed by atoms with E-state index < -0.39 is 0 Å². The highest BCUT2D eigenvalue weighted by atomic mass is 16.5. The van der Waals surface area contributed by atoms with Crippen molar-refractivity contribution in [3.63, 3.8) is 0 Å². The molecule has 0 aromatic rings. The fourth-order valence-electron chi connectivity index (χ4n) is 3.27. The maximum atomic E-state index is 5.45. The van der Waals surface area contributed by atoms with E-state index in [1.54, 1.807) is 0 Å². The van der Waals surface area contributed by atoms with E-state index in [9.17, 15) is 0 Å². The summed E-state index contributed by atoms with van der Waals surface area (Å²) in [6.45, 7) is 7.37. The highest BCUT2D eigenvalue weighted by Gasteiger charge is 2.24. The van der Waals surface area contributed by atoms with Crippen molar-refractivity contribution in [2.24, 2.45) is 0 Å². The second-order valence-electron chi connectivity index (χ2n) is 6.29. The molecule has 1 heterocycles. The van der Waals surface area contributed by atoms with Crippen LogP contribution in [-0.2, 0) is 4.74 Å². The molecule has 0 aromatic carbocycles. The summed E-state index contributed by atoms with van der Waals surface area (Å²) in [6, 6.07) is 0.777. The van der Waals surface area contributed by atoms with E-state index in [1.807, 2.05) is 7.11 Å². The van der Waals surface area contributed by atoms with Crippen molar-refractivity contribution in [2.75, 3.05) is 60.5 Å². The summed E-state index contributed by atoms with van der Waals surface area (Å²) in [6.07, 6.45) is 5.59. The fourth-order valence-corrected chi connectivity index (χ4v) is 3.27. The smallest absolute Gasteiger partial charge is 0.0572 e. The summed E-state index contributed by atoms with van der Waals surface area (Å²) in [5.74, 6) is 0. The molecular formula is C15H31N3O. The van der Waals surface area contributed by atoms with Crippen molar-refractivity contribution < 1.29 is 4.74 Å². The Morgan fingerprint density at radius 3 is 2.26 bits per heavy atom. The zero-order valence-electron chi connectivity index (χ0n) is 13.0. The Balaban J connectivity index is 1.63. The average Bonchev–Trinajstić information content (AvgIpc) is 2.46. The summed E-state index contributed by atoms with van der Waals surface area (Å²) >= 11 is 0. The van der Waals surface area contributed by atoms with Crippen LogP contribution in [0.2, 0.25) is 0 Å². The maximum Gasteiger partial charge on any atom is 0.0572 e. The first-order valence-electron chi connectivity index (χ1n) is 7.83. The molecule has 0 spiro atoms. The molecule has 4 heteroatoms. The van der Waals surface area contributed by atoms with E-state index in [0.717, 1.165) is 6.04 Å². The van der Waals surface area contributed by atoms with E-state index in [2.05, 4.69) is 28.8 Å². The molecule has 0 atom stereocenters. The molecule has 2 rings (SSSR count). The highest BCUT2D eigenvalue weighted by molar-refractivity contribution is 4.79. The minimum Gasteiger partial charge on any atom is -0.381 e. The average molecular weight is 269 g/mol. The number of likely N-dealkylation sites (N-methyl/N-ethyl adjacent to an activating group) is 2. The van der Waals surface area contributed by atoms with Crippen LogP contribution in [0.15, 0.2) is 0 Å². The Kier molecular flexibility index (Phi) is 6.07. The molecule has 0 unspecified atom stereocenters. The zero-order valence-corrected chi connectivity index (χ0v) is 13.0. The third-order valence-electron chi connectivity index (χ3n) is 4.97. The van der Waals surface area contributed by atoms with Crippen molar-refractivity contribution in [2.45, 2.75) is 37.8 Å². The third-order valence-corrected chi connectivity index (χ3v) is 4.97. The number of ether oxygens (including phenoxy) is 1. The highest BCUT2D eigenvalue weighted by Crippen LogP contribution is 2.23. The molecule has 112 valence electrons. The van der Waals surface area contributed by atoms with Gasteiger partial charge in [-0.3, -0.25) is 4.90 Å². The lowest BCUT2D eigenvalue weighted by Crippen LogP contribution is -2.48. The molecule has 0 aromatic heterocycles. The Labute approximate surface area is 118 Å². The molecule has 1 saturated carbocycles. The summed E-state index contributed by atoms with van der Waals surface area (Å²) in [5.41, 5.74) is 0. The normalized spacial score (nSPS) is 30.9. The summed E-state index contributed by atoms with van der Waals surface area (Å²) in [4.78, 5) is 7.60. The maximum absolute atomic E-state index is 5.45. The molecule has 1 saturated heterocycles. The number of rotatable bonds is 5. The second kappa shape index (κ2) is 7.58. The molecule has 0 radical (unpaired) electrons. The van der Waals surface area contributed by atoms with E-state index in [1.165, 1.54) is 65.0 Å².